The molecule has 1 aromatic heterocycles. The number of halogens is 4. The van der Waals surface area contributed by atoms with Crippen LogP contribution < -0.4 is 21.1 Å². The van der Waals surface area contributed by atoms with Crippen LogP contribution in [0.15, 0.2) is 30.3 Å². The highest BCUT2D eigenvalue weighted by Gasteiger charge is 2.35. The highest BCUT2D eigenvalue weighted by atomic mass is 19.4. The van der Waals surface area contributed by atoms with Gasteiger partial charge >= 0.3 is 6.18 Å². The first-order valence-electron chi connectivity index (χ1n) is 10.4. The molecule has 184 valence electrons. The van der Waals surface area contributed by atoms with Gasteiger partial charge in [0.25, 0.3) is 5.91 Å². The minimum absolute atomic E-state index is 0.176. The fourth-order valence-corrected chi connectivity index (χ4v) is 3.75. The predicted molar refractivity (Wildman–Crippen MR) is 119 cm³/mol. The quantitative estimate of drug-likeness (QED) is 0.448. The van der Waals surface area contributed by atoms with E-state index in [1.54, 1.807) is 0 Å². The number of carbonyl (C=O) groups excluding carboxylic acids is 1. The van der Waals surface area contributed by atoms with E-state index in [0.29, 0.717) is 24.0 Å². The molecule has 4 rings (SSSR count). The molecule has 2 heterocycles. The van der Waals surface area contributed by atoms with Crippen LogP contribution in [0.1, 0.15) is 27.2 Å². The lowest BCUT2D eigenvalue weighted by Gasteiger charge is -2.26. The first-order valence-corrected chi connectivity index (χ1v) is 10.4. The van der Waals surface area contributed by atoms with Crippen LogP contribution in [0.5, 0.6) is 5.75 Å². The van der Waals surface area contributed by atoms with Crippen molar-refractivity contribution in [3.8, 4) is 5.75 Å². The molecule has 2 aromatic carbocycles. The van der Waals surface area contributed by atoms with Crippen LogP contribution in [-0.4, -0.2) is 46.7 Å². The number of alkyl halides is 3. The van der Waals surface area contributed by atoms with E-state index in [9.17, 15) is 22.4 Å². The largest absolute Gasteiger partial charge is 0.495 e. The van der Waals surface area contributed by atoms with Gasteiger partial charge in [-0.05, 0) is 48.9 Å². The van der Waals surface area contributed by atoms with E-state index in [1.165, 1.54) is 7.11 Å². The average Bonchev–Trinajstić information content (AvgIpc) is 2.79. The Labute approximate surface area is 197 Å². The molecule has 4 N–H and O–H groups in total. The monoisotopic (exact) mass is 491 g/mol. The number of aromatic nitrogens is 3. The molecule has 3 aromatic rings. The van der Waals surface area contributed by atoms with Crippen molar-refractivity contribution in [1.82, 2.24) is 20.1 Å². The van der Waals surface area contributed by atoms with Gasteiger partial charge in [-0.1, -0.05) is 6.07 Å². The number of ether oxygens (including phenoxy) is 1. The summed E-state index contributed by atoms with van der Waals surface area (Å²) in [5, 5.41) is 12.6. The number of carbonyl (C=O) groups is 1. The molecule has 1 aliphatic rings. The summed E-state index contributed by atoms with van der Waals surface area (Å²) in [4.78, 5) is 18.0. The van der Waals surface area contributed by atoms with Crippen molar-refractivity contribution in [2.24, 2.45) is 5.73 Å². The summed E-state index contributed by atoms with van der Waals surface area (Å²) in [5.74, 6) is -2.51. The Morgan fingerprint density at radius 2 is 1.94 bits per heavy atom. The molecule has 0 unspecified atom stereocenters. The third-order valence-corrected chi connectivity index (χ3v) is 5.45. The SMILES string of the molecule is COc1cc2c(cc1Nc1nnc(C(N)=O)c(Nc3c(F)cccc3C(F)(F)F)n1)CN(C)CC2. The van der Waals surface area contributed by atoms with E-state index in [0.717, 1.165) is 36.2 Å². The number of nitrogens with zero attached hydrogens (tertiary/aromatic N) is 4. The number of anilines is 4. The Hall–Kier alpha value is -4.00. The first-order chi connectivity index (χ1) is 16.6. The van der Waals surface area contributed by atoms with Crippen molar-refractivity contribution in [2.75, 3.05) is 31.3 Å². The van der Waals surface area contributed by atoms with Crippen molar-refractivity contribution >= 4 is 29.0 Å². The lowest BCUT2D eigenvalue weighted by atomic mass is 9.99. The van der Waals surface area contributed by atoms with Crippen LogP contribution in [0.4, 0.5) is 40.7 Å². The number of primary amides is 1. The van der Waals surface area contributed by atoms with E-state index >= 15 is 0 Å². The number of rotatable bonds is 6. The Balaban J connectivity index is 1.73. The van der Waals surface area contributed by atoms with Gasteiger partial charge in [-0.2, -0.15) is 18.2 Å². The number of amides is 1. The summed E-state index contributed by atoms with van der Waals surface area (Å²) in [6.45, 7) is 1.60. The molecular formula is C22H21F4N7O2. The van der Waals surface area contributed by atoms with Crippen LogP contribution in [0, 0.1) is 5.82 Å². The highest BCUT2D eigenvalue weighted by molar-refractivity contribution is 5.96. The zero-order valence-corrected chi connectivity index (χ0v) is 18.7. The zero-order chi connectivity index (χ0) is 25.3. The Morgan fingerprint density at radius 3 is 2.63 bits per heavy atom. The van der Waals surface area contributed by atoms with Gasteiger partial charge in [0.1, 0.15) is 11.6 Å². The number of likely N-dealkylation sites (N-methyl/N-ethyl adjacent to an activating group) is 1. The minimum Gasteiger partial charge on any atom is -0.495 e. The molecule has 0 aliphatic carbocycles. The topological polar surface area (TPSA) is 118 Å². The summed E-state index contributed by atoms with van der Waals surface area (Å²) in [7, 11) is 3.48. The number of methoxy groups -OCH3 is 1. The molecule has 13 heteroatoms. The predicted octanol–water partition coefficient (Wildman–Crippen LogP) is 3.61. The Morgan fingerprint density at radius 1 is 1.17 bits per heavy atom. The highest BCUT2D eigenvalue weighted by Crippen LogP contribution is 2.38. The van der Waals surface area contributed by atoms with Crippen LogP contribution in [-0.2, 0) is 19.1 Å². The van der Waals surface area contributed by atoms with E-state index in [1.807, 2.05) is 19.2 Å². The smallest absolute Gasteiger partial charge is 0.418 e. The van der Waals surface area contributed by atoms with Gasteiger partial charge in [0, 0.05) is 13.1 Å². The molecule has 0 saturated carbocycles. The normalized spacial score (nSPS) is 13.8. The molecule has 35 heavy (non-hydrogen) atoms. The number of nitrogens with one attached hydrogen (secondary N) is 2. The number of hydrogen-bond acceptors (Lipinski definition) is 8. The second kappa shape index (κ2) is 9.33. The van der Waals surface area contributed by atoms with Gasteiger partial charge in [0.05, 0.1) is 24.0 Å². The summed E-state index contributed by atoms with van der Waals surface area (Å²) >= 11 is 0. The maximum atomic E-state index is 14.4. The van der Waals surface area contributed by atoms with Gasteiger partial charge in [-0.15, -0.1) is 10.2 Å². The van der Waals surface area contributed by atoms with E-state index < -0.39 is 40.7 Å². The number of nitrogens with two attached hydrogens (primary N) is 1. The third-order valence-electron chi connectivity index (χ3n) is 5.45. The van der Waals surface area contributed by atoms with Gasteiger partial charge in [-0.3, -0.25) is 4.79 Å². The van der Waals surface area contributed by atoms with Gasteiger partial charge < -0.3 is 26.0 Å². The molecule has 0 fully saturated rings. The van der Waals surface area contributed by atoms with E-state index in [-0.39, 0.29) is 5.95 Å². The summed E-state index contributed by atoms with van der Waals surface area (Å²) in [5.41, 5.74) is 5.14. The molecule has 0 bridgehead atoms. The van der Waals surface area contributed by atoms with Crippen molar-refractivity contribution in [3.63, 3.8) is 0 Å². The number of benzene rings is 2. The summed E-state index contributed by atoms with van der Waals surface area (Å²) < 4.78 is 60.1. The fraction of sp³-hybridized carbons (Fsp3) is 0.273. The van der Waals surface area contributed by atoms with Crippen LogP contribution in [0.2, 0.25) is 0 Å². The molecule has 0 saturated heterocycles. The van der Waals surface area contributed by atoms with Crippen LogP contribution in [0.3, 0.4) is 0 Å². The van der Waals surface area contributed by atoms with Crippen LogP contribution >= 0.6 is 0 Å². The summed E-state index contributed by atoms with van der Waals surface area (Å²) in [6, 6.07) is 6.18. The van der Waals surface area contributed by atoms with Crippen LogP contribution in [0.25, 0.3) is 0 Å². The number of para-hydroxylation sites is 1. The lowest BCUT2D eigenvalue weighted by Crippen LogP contribution is -2.26. The van der Waals surface area contributed by atoms with Crippen molar-refractivity contribution in [1.29, 1.82) is 0 Å². The second-order valence-electron chi connectivity index (χ2n) is 7.92. The van der Waals surface area contributed by atoms with Gasteiger partial charge in [-0.25, -0.2) is 4.39 Å². The third kappa shape index (κ3) is 5.09. The van der Waals surface area contributed by atoms with Gasteiger partial charge in [0.2, 0.25) is 5.95 Å². The van der Waals surface area contributed by atoms with Crippen molar-refractivity contribution in [3.05, 3.63) is 58.5 Å². The van der Waals surface area contributed by atoms with E-state index in [4.69, 9.17) is 10.5 Å². The maximum Gasteiger partial charge on any atom is 0.418 e. The molecule has 1 amide bonds. The minimum atomic E-state index is -4.87. The molecule has 0 radical (unpaired) electrons. The Kier molecular flexibility index (Phi) is 6.43. The Bertz CT molecular complexity index is 1280. The molecule has 1 aliphatic heterocycles. The first kappa shape index (κ1) is 24.1. The molecule has 9 nitrogen and oxygen atoms in total. The second-order valence-corrected chi connectivity index (χ2v) is 7.92. The standard InChI is InChI=1S/C22H21F4N7O2/c1-33-7-6-11-9-16(35-2)15(8-12(11)10-33)28-21-30-20(18(19(27)34)31-32-21)29-17-13(22(24,25)26)4-3-5-14(17)23/h3-5,8-9H,6-7,10H2,1-2H3,(H2,27,34)(H2,28,29,30,32). The lowest BCUT2D eigenvalue weighted by molar-refractivity contribution is -0.137. The molecule has 0 spiro atoms. The zero-order valence-electron chi connectivity index (χ0n) is 18.7. The van der Waals surface area contributed by atoms with E-state index in [2.05, 4.69) is 30.7 Å². The maximum absolute atomic E-state index is 14.4. The average molecular weight is 491 g/mol. The van der Waals surface area contributed by atoms with Crippen molar-refractivity contribution < 1.29 is 27.1 Å². The number of fused-ring (bicyclic) bond motifs is 1. The number of hydrogen-bond donors (Lipinski definition) is 3. The van der Waals surface area contributed by atoms with Gasteiger partial charge in [0.15, 0.2) is 11.5 Å². The van der Waals surface area contributed by atoms with Crippen molar-refractivity contribution in [2.45, 2.75) is 19.1 Å². The fourth-order valence-electron chi connectivity index (χ4n) is 3.75. The summed E-state index contributed by atoms with van der Waals surface area (Å²) in [6.07, 6.45) is -4.03. The molecule has 0 atom stereocenters. The molecular weight excluding hydrogens is 470 g/mol.